The highest BCUT2D eigenvalue weighted by Gasteiger charge is 2.14. The van der Waals surface area contributed by atoms with E-state index in [1.807, 2.05) is 68.4 Å². The highest BCUT2D eigenvalue weighted by molar-refractivity contribution is 6.08. The number of likely N-dealkylation sites (N-methyl/N-ethyl adjacent to an activating group) is 1. The molecule has 1 atom stereocenters. The lowest BCUT2D eigenvalue weighted by atomic mass is 10.1. The number of pyridine rings is 1. The largest absolute Gasteiger partial charge is 0.405 e. The van der Waals surface area contributed by atoms with Gasteiger partial charge in [-0.3, -0.25) is 19.7 Å². The summed E-state index contributed by atoms with van der Waals surface area (Å²) in [5.74, 6) is -0.135. The molecule has 1 aliphatic rings. The van der Waals surface area contributed by atoms with Gasteiger partial charge in [0.25, 0.3) is 5.91 Å². The van der Waals surface area contributed by atoms with Crippen LogP contribution in [0.3, 0.4) is 0 Å². The summed E-state index contributed by atoms with van der Waals surface area (Å²) in [6.07, 6.45) is 6.47. The second-order valence-electron chi connectivity index (χ2n) is 9.70. The molecule has 2 aromatic carbocycles. The summed E-state index contributed by atoms with van der Waals surface area (Å²) in [5.41, 5.74) is 11.8. The van der Waals surface area contributed by atoms with Gasteiger partial charge in [-0.05, 0) is 80.7 Å². The number of hydrogen-bond acceptors (Lipinski definition) is 7. The first kappa shape index (κ1) is 27.0. The van der Waals surface area contributed by atoms with Crippen molar-refractivity contribution in [3.05, 3.63) is 102 Å². The van der Waals surface area contributed by atoms with E-state index >= 15 is 0 Å². The maximum absolute atomic E-state index is 12.9. The molecule has 0 bridgehead atoms. The number of carbonyl (C=O) groups excluding carboxylic acids is 1. The predicted octanol–water partition coefficient (Wildman–Crippen LogP) is 4.11. The van der Waals surface area contributed by atoms with E-state index in [-0.39, 0.29) is 12.1 Å². The van der Waals surface area contributed by atoms with Crippen molar-refractivity contribution in [1.29, 1.82) is 0 Å². The number of amides is 1. The van der Waals surface area contributed by atoms with Gasteiger partial charge < -0.3 is 21.3 Å². The molecule has 3 aromatic rings. The normalized spacial score (nSPS) is 15.9. The fraction of sp³-hybridized carbons (Fsp3) is 0.300. The van der Waals surface area contributed by atoms with E-state index in [0.717, 1.165) is 60.9 Å². The van der Waals surface area contributed by atoms with Gasteiger partial charge in [0, 0.05) is 67.6 Å². The van der Waals surface area contributed by atoms with E-state index in [4.69, 9.17) is 10.7 Å². The quantitative estimate of drug-likeness (QED) is 0.374. The van der Waals surface area contributed by atoms with Crippen LogP contribution in [0.5, 0.6) is 0 Å². The Hall–Kier alpha value is -4.01. The Balaban J connectivity index is 1.39. The number of anilines is 2. The van der Waals surface area contributed by atoms with Crippen molar-refractivity contribution in [3.8, 4) is 0 Å². The molecule has 1 aromatic heterocycles. The molecule has 2 heterocycles. The van der Waals surface area contributed by atoms with Crippen molar-refractivity contribution in [2.75, 3.05) is 43.9 Å². The van der Waals surface area contributed by atoms with Crippen molar-refractivity contribution >= 4 is 23.0 Å². The van der Waals surface area contributed by atoms with Gasteiger partial charge >= 0.3 is 0 Å². The number of aromatic nitrogens is 1. The van der Waals surface area contributed by atoms with E-state index in [2.05, 4.69) is 32.5 Å². The summed E-state index contributed by atoms with van der Waals surface area (Å²) in [7, 11) is 2.16. The minimum Gasteiger partial charge on any atom is -0.405 e. The van der Waals surface area contributed by atoms with Crippen LogP contribution in [0, 0.1) is 6.92 Å². The molecule has 1 unspecified atom stereocenters. The zero-order valence-corrected chi connectivity index (χ0v) is 22.4. The molecule has 8 heteroatoms. The standard InChI is InChI=1S/C30H37N7O/c1-22-6-11-27(19-29(22)34-23(2)33-28(12-13-31)26-5-4-14-32-20-26)35-30(38)25-9-7-24(8-10-25)21-37-17-15-36(3)16-18-37/h4-14,19-20,23,34H,15-18,21,31H2,1-3H3,(H,35,38)/b13-12-,33-28+. The van der Waals surface area contributed by atoms with Crippen LogP contribution in [-0.4, -0.2) is 65.8 Å². The van der Waals surface area contributed by atoms with E-state index in [9.17, 15) is 4.79 Å². The van der Waals surface area contributed by atoms with Gasteiger partial charge in [-0.2, -0.15) is 0 Å². The third kappa shape index (κ3) is 7.50. The number of aryl methyl sites for hydroxylation is 1. The second-order valence-corrected chi connectivity index (χ2v) is 9.70. The summed E-state index contributed by atoms with van der Waals surface area (Å²) < 4.78 is 0. The van der Waals surface area contributed by atoms with Gasteiger partial charge in [0.15, 0.2) is 0 Å². The Bertz CT molecular complexity index is 1260. The number of allylic oxidation sites excluding steroid dienone is 1. The van der Waals surface area contributed by atoms with Crippen LogP contribution in [0.15, 0.2) is 84.3 Å². The molecule has 4 N–H and O–H groups in total. The Kier molecular flexibility index (Phi) is 9.24. The van der Waals surface area contributed by atoms with Crippen molar-refractivity contribution < 1.29 is 4.79 Å². The van der Waals surface area contributed by atoms with Crippen LogP contribution in [-0.2, 0) is 6.54 Å². The van der Waals surface area contributed by atoms with Gasteiger partial charge in [0.2, 0.25) is 0 Å². The van der Waals surface area contributed by atoms with Crippen LogP contribution >= 0.6 is 0 Å². The third-order valence-electron chi connectivity index (χ3n) is 6.62. The van der Waals surface area contributed by atoms with Crippen molar-refractivity contribution in [1.82, 2.24) is 14.8 Å². The molecule has 8 nitrogen and oxygen atoms in total. The number of rotatable bonds is 9. The maximum Gasteiger partial charge on any atom is 0.255 e. The average Bonchev–Trinajstić information content (AvgIpc) is 2.92. The topological polar surface area (TPSA) is 98.9 Å². The van der Waals surface area contributed by atoms with Crippen LogP contribution < -0.4 is 16.4 Å². The zero-order valence-electron chi connectivity index (χ0n) is 22.4. The first-order chi connectivity index (χ1) is 18.4. The fourth-order valence-electron chi connectivity index (χ4n) is 4.37. The first-order valence-corrected chi connectivity index (χ1v) is 13.0. The Morgan fingerprint density at radius 3 is 2.55 bits per heavy atom. The van der Waals surface area contributed by atoms with Gasteiger partial charge in [-0.15, -0.1) is 0 Å². The first-order valence-electron chi connectivity index (χ1n) is 13.0. The molecule has 0 saturated carbocycles. The molecule has 0 spiro atoms. The maximum atomic E-state index is 12.9. The van der Waals surface area contributed by atoms with Crippen molar-refractivity contribution in [3.63, 3.8) is 0 Å². The second kappa shape index (κ2) is 13.0. The van der Waals surface area contributed by atoms with Gasteiger partial charge in [-0.1, -0.05) is 18.2 Å². The van der Waals surface area contributed by atoms with Gasteiger partial charge in [0.05, 0.1) is 5.71 Å². The smallest absolute Gasteiger partial charge is 0.255 e. The van der Waals surface area contributed by atoms with Crippen LogP contribution in [0.2, 0.25) is 0 Å². The number of benzene rings is 2. The van der Waals surface area contributed by atoms with Gasteiger partial charge in [0.1, 0.15) is 6.17 Å². The molecule has 1 aliphatic heterocycles. The molecule has 4 rings (SSSR count). The lowest BCUT2D eigenvalue weighted by Gasteiger charge is -2.32. The molecule has 0 radical (unpaired) electrons. The summed E-state index contributed by atoms with van der Waals surface area (Å²) in [6.45, 7) is 9.22. The average molecular weight is 512 g/mol. The molecular formula is C30H37N7O. The SMILES string of the molecule is Cc1ccc(NC(=O)c2ccc(CN3CCN(C)CC3)cc2)cc1NC(C)/N=C(\C=C/N)c1cccnc1. The minimum atomic E-state index is -0.237. The molecule has 1 fully saturated rings. The Morgan fingerprint density at radius 1 is 1.11 bits per heavy atom. The fourth-order valence-corrected chi connectivity index (χ4v) is 4.37. The number of aliphatic imine (C=N–C) groups is 1. The molecule has 38 heavy (non-hydrogen) atoms. The van der Waals surface area contributed by atoms with Crippen LogP contribution in [0.1, 0.15) is 34.0 Å². The molecular weight excluding hydrogens is 474 g/mol. The van der Waals surface area contributed by atoms with E-state index < -0.39 is 0 Å². The molecule has 0 aliphatic carbocycles. The highest BCUT2D eigenvalue weighted by Crippen LogP contribution is 2.22. The predicted molar refractivity (Wildman–Crippen MR) is 156 cm³/mol. The van der Waals surface area contributed by atoms with Gasteiger partial charge in [-0.25, -0.2) is 0 Å². The number of nitrogens with zero attached hydrogens (tertiary/aromatic N) is 4. The lowest BCUT2D eigenvalue weighted by molar-refractivity contribution is 0.102. The minimum absolute atomic E-state index is 0.135. The van der Waals surface area contributed by atoms with E-state index in [1.54, 1.807) is 18.5 Å². The Morgan fingerprint density at radius 2 is 1.87 bits per heavy atom. The molecule has 198 valence electrons. The summed E-state index contributed by atoms with van der Waals surface area (Å²) in [4.78, 5) is 26.7. The highest BCUT2D eigenvalue weighted by atomic mass is 16.1. The lowest BCUT2D eigenvalue weighted by Crippen LogP contribution is -2.43. The van der Waals surface area contributed by atoms with Crippen LogP contribution in [0.25, 0.3) is 0 Å². The summed E-state index contributed by atoms with van der Waals surface area (Å²) >= 11 is 0. The van der Waals surface area contributed by atoms with Crippen molar-refractivity contribution in [2.45, 2.75) is 26.6 Å². The number of carbonyl (C=O) groups is 1. The van der Waals surface area contributed by atoms with E-state index in [1.165, 1.54) is 11.8 Å². The summed E-state index contributed by atoms with van der Waals surface area (Å²) in [6, 6.07) is 17.5. The summed E-state index contributed by atoms with van der Waals surface area (Å²) in [5, 5.41) is 6.45. The number of nitrogens with one attached hydrogen (secondary N) is 2. The third-order valence-corrected chi connectivity index (χ3v) is 6.62. The Labute approximate surface area is 225 Å². The monoisotopic (exact) mass is 511 g/mol. The van der Waals surface area contributed by atoms with Crippen LogP contribution in [0.4, 0.5) is 11.4 Å². The zero-order chi connectivity index (χ0) is 26.9. The number of nitrogens with two attached hydrogens (primary N) is 1. The number of piperazine rings is 1. The van der Waals surface area contributed by atoms with E-state index in [0.29, 0.717) is 5.56 Å². The number of hydrogen-bond donors (Lipinski definition) is 3. The van der Waals surface area contributed by atoms with Crippen molar-refractivity contribution in [2.24, 2.45) is 10.7 Å². The molecule has 1 saturated heterocycles. The molecule has 1 amide bonds.